The molecule has 2 aromatic heterocycles. The van der Waals surface area contributed by atoms with E-state index in [4.69, 9.17) is 27.9 Å². The lowest BCUT2D eigenvalue weighted by molar-refractivity contribution is -0.391. The van der Waals surface area contributed by atoms with Gasteiger partial charge >= 0.3 is 11.8 Å². The summed E-state index contributed by atoms with van der Waals surface area (Å²) in [6.07, 6.45) is 1.64. The number of carbonyl (C=O) groups excluding carboxylic acids is 1. The van der Waals surface area contributed by atoms with Crippen LogP contribution in [0.5, 0.6) is 0 Å². The van der Waals surface area contributed by atoms with E-state index in [1.165, 1.54) is 12.3 Å². The van der Waals surface area contributed by atoms with Crippen molar-refractivity contribution in [3.05, 3.63) is 37.6 Å². The van der Waals surface area contributed by atoms with Crippen LogP contribution < -0.4 is 0 Å². The maximum absolute atomic E-state index is 11.6. The van der Waals surface area contributed by atoms with Crippen molar-refractivity contribution in [3.8, 4) is 0 Å². The smallest absolute Gasteiger partial charge is 0.389 e. The minimum absolute atomic E-state index is 0.223. The predicted molar refractivity (Wildman–Crippen MR) is 96.6 cm³/mol. The maximum atomic E-state index is 11.6. The zero-order chi connectivity index (χ0) is 18.6. The molecule has 0 radical (unpaired) electrons. The molecule has 0 amide bonds. The van der Waals surface area contributed by atoms with Gasteiger partial charge in [0.15, 0.2) is 10.3 Å². The zero-order valence-corrected chi connectivity index (χ0v) is 16.3. The third kappa shape index (κ3) is 5.27. The van der Waals surface area contributed by atoms with E-state index in [9.17, 15) is 14.9 Å². The van der Waals surface area contributed by atoms with E-state index in [0.717, 1.165) is 23.1 Å². The number of hydrogen-bond donors (Lipinski definition) is 0. The summed E-state index contributed by atoms with van der Waals surface area (Å²) < 4.78 is 5.56. The lowest BCUT2D eigenvalue weighted by atomic mass is 10.3. The lowest BCUT2D eigenvalue weighted by Gasteiger charge is -2.07. The number of nitro groups is 1. The van der Waals surface area contributed by atoms with Crippen molar-refractivity contribution < 1.29 is 14.5 Å². The molecule has 1 atom stereocenters. The molecule has 0 fully saturated rings. The van der Waals surface area contributed by atoms with Gasteiger partial charge in [0, 0.05) is 17.5 Å². The molecule has 0 aliphatic rings. The molecule has 0 spiro atoms. The highest BCUT2D eigenvalue weighted by Crippen LogP contribution is 2.43. The average Bonchev–Trinajstić information content (AvgIpc) is 2.95. The lowest BCUT2D eigenvalue weighted by Crippen LogP contribution is -2.08. The summed E-state index contributed by atoms with van der Waals surface area (Å²) >= 11 is 14.0. The molecule has 0 N–H and O–H groups in total. The number of carbonyl (C=O) groups is 1. The summed E-state index contributed by atoms with van der Waals surface area (Å²) in [5.41, 5.74) is 0. The Morgan fingerprint density at radius 1 is 1.52 bits per heavy atom. The summed E-state index contributed by atoms with van der Waals surface area (Å²) in [5.74, 6) is -0.682. The standard InChI is InChI=1S/C14H13Cl2N3O4S2/c1-3-4-11(20)23-7(2)13-18-12(19(21)22)14(25-13)24-9-5-10(16)17-6-8(9)15/h5-7H,3-4H2,1-2H3. The van der Waals surface area contributed by atoms with Crippen molar-refractivity contribution in [1.82, 2.24) is 9.97 Å². The monoisotopic (exact) mass is 421 g/mol. The molecular weight excluding hydrogens is 409 g/mol. The van der Waals surface area contributed by atoms with Crippen LogP contribution in [0.25, 0.3) is 0 Å². The van der Waals surface area contributed by atoms with Crippen LogP contribution in [0, 0.1) is 10.1 Å². The quantitative estimate of drug-likeness (QED) is 0.258. The van der Waals surface area contributed by atoms with E-state index in [-0.39, 0.29) is 23.4 Å². The molecule has 0 saturated heterocycles. The fraction of sp³-hybridized carbons (Fsp3) is 0.357. The van der Waals surface area contributed by atoms with Gasteiger partial charge in [-0.15, -0.1) is 0 Å². The highest BCUT2D eigenvalue weighted by Gasteiger charge is 2.29. The highest BCUT2D eigenvalue weighted by atomic mass is 35.5. The van der Waals surface area contributed by atoms with Crippen LogP contribution in [0.2, 0.25) is 10.2 Å². The van der Waals surface area contributed by atoms with Crippen LogP contribution in [0.4, 0.5) is 5.82 Å². The van der Waals surface area contributed by atoms with Crippen molar-refractivity contribution in [2.24, 2.45) is 0 Å². The Hall–Kier alpha value is -1.42. The van der Waals surface area contributed by atoms with Gasteiger partial charge in [0.25, 0.3) is 0 Å². The van der Waals surface area contributed by atoms with Gasteiger partial charge in [-0.25, -0.2) is 4.98 Å². The van der Waals surface area contributed by atoms with Gasteiger partial charge < -0.3 is 14.9 Å². The number of ether oxygens (including phenoxy) is 1. The molecule has 0 aliphatic carbocycles. The number of halogens is 2. The van der Waals surface area contributed by atoms with Gasteiger partial charge in [-0.05, 0) is 29.3 Å². The molecule has 1 unspecified atom stereocenters. The molecule has 2 rings (SSSR count). The van der Waals surface area contributed by atoms with E-state index >= 15 is 0 Å². The van der Waals surface area contributed by atoms with E-state index in [2.05, 4.69) is 9.97 Å². The van der Waals surface area contributed by atoms with E-state index in [1.807, 2.05) is 6.92 Å². The molecule has 0 bridgehead atoms. The van der Waals surface area contributed by atoms with Gasteiger partial charge in [-0.1, -0.05) is 53.2 Å². The highest BCUT2D eigenvalue weighted by molar-refractivity contribution is 8.01. The van der Waals surface area contributed by atoms with E-state index in [0.29, 0.717) is 25.6 Å². The average molecular weight is 422 g/mol. The zero-order valence-electron chi connectivity index (χ0n) is 13.2. The summed E-state index contributed by atoms with van der Waals surface area (Å²) in [7, 11) is 0. The Balaban J connectivity index is 2.29. The molecule has 7 nitrogen and oxygen atoms in total. The number of rotatable bonds is 7. The molecule has 2 aromatic rings. The minimum atomic E-state index is -0.673. The second-order valence-electron chi connectivity index (χ2n) is 4.84. The van der Waals surface area contributed by atoms with Crippen LogP contribution in [-0.4, -0.2) is 20.9 Å². The van der Waals surface area contributed by atoms with E-state index < -0.39 is 11.0 Å². The topological polar surface area (TPSA) is 95.2 Å². The minimum Gasteiger partial charge on any atom is -0.453 e. The maximum Gasteiger partial charge on any atom is 0.389 e. The van der Waals surface area contributed by atoms with Crippen LogP contribution in [-0.2, 0) is 9.53 Å². The van der Waals surface area contributed by atoms with Gasteiger partial charge in [-0.3, -0.25) is 4.79 Å². The molecule has 0 aromatic carbocycles. The first-order chi connectivity index (χ1) is 11.8. The number of pyridine rings is 1. The summed E-state index contributed by atoms with van der Waals surface area (Å²) in [4.78, 5) is 30.7. The Labute approximate surface area is 161 Å². The van der Waals surface area contributed by atoms with Crippen molar-refractivity contribution in [3.63, 3.8) is 0 Å². The largest absolute Gasteiger partial charge is 0.453 e. The normalized spacial score (nSPS) is 12.0. The summed E-state index contributed by atoms with van der Waals surface area (Å²) in [6.45, 7) is 3.49. The van der Waals surface area contributed by atoms with Gasteiger partial charge in [0.05, 0.1) is 5.02 Å². The van der Waals surface area contributed by atoms with Crippen LogP contribution >= 0.6 is 46.3 Å². The first kappa shape index (κ1) is 19.9. The third-order valence-electron chi connectivity index (χ3n) is 2.87. The molecule has 11 heteroatoms. The first-order valence-corrected chi connectivity index (χ1v) is 9.54. The van der Waals surface area contributed by atoms with Gasteiger partial charge in [0.1, 0.15) is 5.15 Å². The predicted octanol–water partition coefficient (Wildman–Crippen LogP) is 5.31. The Morgan fingerprint density at radius 2 is 2.24 bits per heavy atom. The fourth-order valence-electron chi connectivity index (χ4n) is 1.75. The fourth-order valence-corrected chi connectivity index (χ4v) is 4.37. The van der Waals surface area contributed by atoms with Crippen molar-refractivity contribution in [2.75, 3.05) is 0 Å². The van der Waals surface area contributed by atoms with Crippen molar-refractivity contribution in [2.45, 2.75) is 41.9 Å². The number of nitrogens with zero attached hydrogens (tertiary/aromatic N) is 3. The molecule has 2 heterocycles. The molecule has 25 heavy (non-hydrogen) atoms. The first-order valence-electron chi connectivity index (χ1n) is 7.15. The Bertz CT molecular complexity index is 800. The van der Waals surface area contributed by atoms with Crippen molar-refractivity contribution >= 4 is 58.1 Å². The molecule has 0 saturated carbocycles. The van der Waals surface area contributed by atoms with Gasteiger partial charge in [-0.2, -0.15) is 0 Å². The van der Waals surface area contributed by atoms with Gasteiger partial charge in [0.2, 0.25) is 5.01 Å². The Kier molecular flexibility index (Phi) is 7.00. The van der Waals surface area contributed by atoms with Crippen LogP contribution in [0.15, 0.2) is 21.4 Å². The van der Waals surface area contributed by atoms with Crippen LogP contribution in [0.3, 0.4) is 0 Å². The number of esters is 1. The summed E-state index contributed by atoms with van der Waals surface area (Å²) in [6, 6.07) is 1.52. The molecule has 0 aliphatic heterocycles. The molecule has 134 valence electrons. The second kappa shape index (κ2) is 8.79. The number of aromatic nitrogens is 2. The Morgan fingerprint density at radius 3 is 2.88 bits per heavy atom. The third-order valence-corrected chi connectivity index (χ3v) is 5.91. The number of hydrogen-bond acceptors (Lipinski definition) is 8. The second-order valence-corrected chi connectivity index (χ2v) is 7.98. The van der Waals surface area contributed by atoms with E-state index in [1.54, 1.807) is 6.92 Å². The number of thiazole rings is 1. The van der Waals surface area contributed by atoms with Crippen molar-refractivity contribution in [1.29, 1.82) is 0 Å². The summed E-state index contributed by atoms with van der Waals surface area (Å²) in [5, 5.41) is 12.2. The van der Waals surface area contributed by atoms with Crippen LogP contribution in [0.1, 0.15) is 37.8 Å². The SMILES string of the molecule is CCCC(=O)OC(C)c1nc([N+](=O)[O-])c(Sc2cc(Cl)ncc2Cl)s1. The molecular formula is C14H13Cl2N3O4S2.